The number of rotatable bonds is 3. The standard InChI is InChI=1S/C13H11ClN2O4S/c1-20-13(17)10-6-12(21(2,18)19)9(5-11(10)14)8-3-4-15-16-7-8/h3-7H,1-2H3. The Balaban J connectivity index is 2.77. The lowest BCUT2D eigenvalue weighted by Crippen LogP contribution is -2.07. The summed E-state index contributed by atoms with van der Waals surface area (Å²) >= 11 is 6.04. The van der Waals surface area contributed by atoms with Crippen molar-refractivity contribution in [2.45, 2.75) is 4.90 Å². The van der Waals surface area contributed by atoms with Gasteiger partial charge in [0, 0.05) is 17.4 Å². The predicted molar refractivity (Wildman–Crippen MR) is 76.9 cm³/mol. The zero-order chi connectivity index (χ0) is 15.6. The van der Waals surface area contributed by atoms with E-state index in [-0.39, 0.29) is 15.5 Å². The van der Waals surface area contributed by atoms with E-state index in [4.69, 9.17) is 11.6 Å². The van der Waals surface area contributed by atoms with Gasteiger partial charge in [-0.1, -0.05) is 11.6 Å². The molecule has 110 valence electrons. The topological polar surface area (TPSA) is 86.2 Å². The van der Waals surface area contributed by atoms with Crippen molar-refractivity contribution in [3.05, 3.63) is 41.2 Å². The average Bonchev–Trinajstić information content (AvgIpc) is 2.46. The molecule has 1 heterocycles. The van der Waals surface area contributed by atoms with Crippen LogP contribution < -0.4 is 0 Å². The Hall–Kier alpha value is -1.99. The number of ether oxygens (including phenoxy) is 1. The molecule has 1 aromatic carbocycles. The Morgan fingerprint density at radius 1 is 1.29 bits per heavy atom. The summed E-state index contributed by atoms with van der Waals surface area (Å²) in [6.07, 6.45) is 3.90. The first-order chi connectivity index (χ1) is 9.84. The number of sulfone groups is 1. The number of halogens is 1. The Morgan fingerprint density at radius 2 is 2.00 bits per heavy atom. The van der Waals surface area contributed by atoms with Crippen molar-refractivity contribution >= 4 is 27.4 Å². The molecule has 0 unspecified atom stereocenters. The van der Waals surface area contributed by atoms with Crippen LogP contribution in [-0.2, 0) is 14.6 Å². The number of hydrogen-bond acceptors (Lipinski definition) is 6. The number of benzene rings is 1. The minimum absolute atomic E-state index is 0.00893. The molecule has 0 aliphatic heterocycles. The van der Waals surface area contributed by atoms with Gasteiger partial charge in [0.25, 0.3) is 0 Å². The summed E-state index contributed by atoms with van der Waals surface area (Å²) in [5.41, 5.74) is 0.874. The Labute approximate surface area is 126 Å². The van der Waals surface area contributed by atoms with E-state index in [0.717, 1.165) is 6.26 Å². The normalized spacial score (nSPS) is 11.2. The number of aromatic nitrogens is 2. The van der Waals surface area contributed by atoms with Crippen molar-refractivity contribution < 1.29 is 17.9 Å². The number of nitrogens with zero attached hydrogens (tertiary/aromatic N) is 2. The second kappa shape index (κ2) is 5.79. The molecule has 0 aliphatic carbocycles. The van der Waals surface area contributed by atoms with Crippen molar-refractivity contribution in [3.8, 4) is 11.1 Å². The zero-order valence-electron chi connectivity index (χ0n) is 11.2. The lowest BCUT2D eigenvalue weighted by molar-refractivity contribution is 0.0600. The minimum Gasteiger partial charge on any atom is -0.465 e. The Kier molecular flexibility index (Phi) is 4.24. The smallest absolute Gasteiger partial charge is 0.339 e. The fraction of sp³-hybridized carbons (Fsp3) is 0.154. The third kappa shape index (κ3) is 3.20. The molecule has 0 saturated heterocycles. The highest BCUT2D eigenvalue weighted by Crippen LogP contribution is 2.32. The molecule has 2 rings (SSSR count). The minimum atomic E-state index is -3.58. The SMILES string of the molecule is COC(=O)c1cc(S(C)(=O)=O)c(-c2ccnnc2)cc1Cl. The maximum Gasteiger partial charge on any atom is 0.339 e. The average molecular weight is 327 g/mol. The molecule has 0 amide bonds. The van der Waals surface area contributed by atoms with Gasteiger partial charge in [0.05, 0.1) is 35.0 Å². The van der Waals surface area contributed by atoms with Crippen LogP contribution in [0.3, 0.4) is 0 Å². The van der Waals surface area contributed by atoms with E-state index in [1.54, 1.807) is 6.07 Å². The molecule has 0 atom stereocenters. The van der Waals surface area contributed by atoms with E-state index in [0.29, 0.717) is 11.1 Å². The van der Waals surface area contributed by atoms with Crippen molar-refractivity contribution in [1.82, 2.24) is 10.2 Å². The summed E-state index contributed by atoms with van der Waals surface area (Å²) in [6, 6.07) is 4.21. The van der Waals surface area contributed by atoms with Crippen molar-refractivity contribution in [2.24, 2.45) is 0 Å². The van der Waals surface area contributed by atoms with Gasteiger partial charge in [0.15, 0.2) is 9.84 Å². The van der Waals surface area contributed by atoms with Gasteiger partial charge in [-0.05, 0) is 18.2 Å². The summed E-state index contributed by atoms with van der Waals surface area (Å²) < 4.78 is 28.5. The van der Waals surface area contributed by atoms with E-state index >= 15 is 0 Å². The molecule has 0 saturated carbocycles. The second-order valence-electron chi connectivity index (χ2n) is 4.22. The summed E-state index contributed by atoms with van der Waals surface area (Å²) in [5, 5.41) is 7.44. The molecule has 21 heavy (non-hydrogen) atoms. The first-order valence-corrected chi connectivity index (χ1v) is 8.00. The molecule has 1 aromatic heterocycles. The van der Waals surface area contributed by atoms with E-state index in [1.165, 1.54) is 31.6 Å². The Morgan fingerprint density at radius 3 is 2.52 bits per heavy atom. The van der Waals surface area contributed by atoms with Crippen LogP contribution in [0.5, 0.6) is 0 Å². The van der Waals surface area contributed by atoms with Gasteiger partial charge in [-0.3, -0.25) is 0 Å². The third-order valence-corrected chi connectivity index (χ3v) is 4.22. The first-order valence-electron chi connectivity index (χ1n) is 5.73. The van der Waals surface area contributed by atoms with Crippen LogP contribution in [0.15, 0.2) is 35.5 Å². The maximum absolute atomic E-state index is 12.0. The summed E-state index contributed by atoms with van der Waals surface area (Å²) in [7, 11) is -2.38. The molecule has 8 heteroatoms. The molecule has 0 bridgehead atoms. The molecule has 0 aliphatic rings. The molecular weight excluding hydrogens is 316 g/mol. The highest BCUT2D eigenvalue weighted by atomic mass is 35.5. The van der Waals surface area contributed by atoms with E-state index < -0.39 is 15.8 Å². The van der Waals surface area contributed by atoms with Crippen LogP contribution >= 0.6 is 11.6 Å². The van der Waals surface area contributed by atoms with Crippen molar-refractivity contribution in [3.63, 3.8) is 0 Å². The largest absolute Gasteiger partial charge is 0.465 e. The number of methoxy groups -OCH3 is 1. The molecular formula is C13H11ClN2O4S. The quantitative estimate of drug-likeness (QED) is 0.802. The zero-order valence-corrected chi connectivity index (χ0v) is 12.8. The van der Waals surface area contributed by atoms with Crippen LogP contribution in [0.25, 0.3) is 11.1 Å². The first kappa shape index (κ1) is 15.4. The monoisotopic (exact) mass is 326 g/mol. The number of carbonyl (C=O) groups is 1. The molecule has 6 nitrogen and oxygen atoms in total. The molecule has 0 fully saturated rings. The molecule has 2 aromatic rings. The fourth-order valence-corrected chi connectivity index (χ4v) is 2.95. The second-order valence-corrected chi connectivity index (χ2v) is 6.61. The number of hydrogen-bond donors (Lipinski definition) is 0. The Bertz CT molecular complexity index is 791. The third-order valence-electron chi connectivity index (χ3n) is 2.77. The van der Waals surface area contributed by atoms with Gasteiger partial charge in [0.2, 0.25) is 0 Å². The van der Waals surface area contributed by atoms with Crippen LogP contribution in [0.1, 0.15) is 10.4 Å². The van der Waals surface area contributed by atoms with Crippen LogP contribution in [-0.4, -0.2) is 38.0 Å². The van der Waals surface area contributed by atoms with E-state index in [9.17, 15) is 13.2 Å². The highest BCUT2D eigenvalue weighted by molar-refractivity contribution is 7.90. The predicted octanol–water partition coefficient (Wildman–Crippen LogP) is 1.99. The molecule has 0 N–H and O–H groups in total. The fourth-order valence-electron chi connectivity index (χ4n) is 1.80. The summed E-state index contributed by atoms with van der Waals surface area (Å²) in [5.74, 6) is -0.704. The van der Waals surface area contributed by atoms with Crippen molar-refractivity contribution in [1.29, 1.82) is 0 Å². The highest BCUT2D eigenvalue weighted by Gasteiger charge is 2.21. The van der Waals surface area contributed by atoms with Crippen LogP contribution in [0.4, 0.5) is 0 Å². The summed E-state index contributed by atoms with van der Waals surface area (Å²) in [4.78, 5) is 11.6. The maximum atomic E-state index is 12.0. The lowest BCUT2D eigenvalue weighted by atomic mass is 10.1. The molecule has 0 spiro atoms. The number of carbonyl (C=O) groups excluding carboxylic acids is 1. The van der Waals surface area contributed by atoms with Crippen LogP contribution in [0.2, 0.25) is 5.02 Å². The van der Waals surface area contributed by atoms with E-state index in [1.807, 2.05) is 0 Å². The van der Waals surface area contributed by atoms with Gasteiger partial charge >= 0.3 is 5.97 Å². The molecule has 0 radical (unpaired) electrons. The van der Waals surface area contributed by atoms with Gasteiger partial charge in [0.1, 0.15) is 0 Å². The summed E-state index contributed by atoms with van der Waals surface area (Å²) in [6.45, 7) is 0. The van der Waals surface area contributed by atoms with Gasteiger partial charge in [-0.2, -0.15) is 10.2 Å². The van der Waals surface area contributed by atoms with Crippen LogP contribution in [0, 0.1) is 0 Å². The van der Waals surface area contributed by atoms with E-state index in [2.05, 4.69) is 14.9 Å². The number of esters is 1. The van der Waals surface area contributed by atoms with Gasteiger partial charge in [-0.25, -0.2) is 13.2 Å². The van der Waals surface area contributed by atoms with Gasteiger partial charge < -0.3 is 4.74 Å². The van der Waals surface area contributed by atoms with Crippen molar-refractivity contribution in [2.75, 3.05) is 13.4 Å². The lowest BCUT2D eigenvalue weighted by Gasteiger charge is -2.11. The van der Waals surface area contributed by atoms with Gasteiger partial charge in [-0.15, -0.1) is 0 Å².